The number of carbonyl (C=O) groups is 2. The van der Waals surface area contributed by atoms with Crippen molar-refractivity contribution in [2.75, 3.05) is 30.4 Å². The molecule has 0 bridgehead atoms. The molecule has 0 aliphatic carbocycles. The van der Waals surface area contributed by atoms with Crippen LogP contribution in [-0.2, 0) is 14.3 Å². The van der Waals surface area contributed by atoms with Crippen molar-refractivity contribution < 1.29 is 37.3 Å². The zero-order valence-electron chi connectivity index (χ0n) is 21.1. The highest BCUT2D eigenvalue weighted by Gasteiger charge is 2.28. The van der Waals surface area contributed by atoms with Crippen LogP contribution in [0.5, 0.6) is 5.75 Å². The first-order valence-corrected chi connectivity index (χ1v) is 11.5. The number of phenols is 1. The third-order valence-corrected chi connectivity index (χ3v) is 5.54. The van der Waals surface area contributed by atoms with Crippen molar-refractivity contribution in [2.24, 2.45) is 0 Å². The van der Waals surface area contributed by atoms with Crippen LogP contribution in [0.3, 0.4) is 0 Å². The number of nitrogens with zero attached hydrogens (tertiary/aromatic N) is 1. The van der Waals surface area contributed by atoms with E-state index in [1.807, 2.05) is 50.8 Å². The minimum atomic E-state index is -4.42. The highest BCUT2D eigenvalue weighted by Crippen LogP contribution is 2.28. The summed E-state index contributed by atoms with van der Waals surface area (Å²) in [6, 6.07) is 10.5. The van der Waals surface area contributed by atoms with Gasteiger partial charge in [0, 0.05) is 25.2 Å². The van der Waals surface area contributed by atoms with Gasteiger partial charge in [0.2, 0.25) is 5.91 Å². The topological polar surface area (TPSA) is 88.1 Å². The van der Waals surface area contributed by atoms with E-state index in [2.05, 4.69) is 5.32 Å². The molecule has 0 aromatic heterocycles. The molecule has 1 aliphatic heterocycles. The molecule has 10 heteroatoms. The van der Waals surface area contributed by atoms with Crippen LogP contribution < -0.4 is 10.2 Å². The fraction of sp³-hybridized carbons (Fsp3) is 0.462. The van der Waals surface area contributed by atoms with Crippen molar-refractivity contribution >= 4 is 23.3 Å². The Labute approximate surface area is 209 Å². The van der Waals surface area contributed by atoms with Gasteiger partial charge in [-0.3, -0.25) is 4.79 Å². The smallest absolute Gasteiger partial charge is 0.389 e. The van der Waals surface area contributed by atoms with Gasteiger partial charge in [-0.1, -0.05) is 18.2 Å². The molecule has 1 amide bonds. The Morgan fingerprint density at radius 2 is 1.69 bits per heavy atom. The number of hydrogen-bond acceptors (Lipinski definition) is 6. The van der Waals surface area contributed by atoms with Crippen LogP contribution in [0.2, 0.25) is 0 Å². The van der Waals surface area contributed by atoms with Crippen LogP contribution >= 0.6 is 0 Å². The monoisotopic (exact) mass is 510 g/mol. The maximum Gasteiger partial charge on any atom is 0.389 e. The molecule has 2 aromatic carbocycles. The third kappa shape index (κ3) is 8.75. The number of alkyl halides is 3. The molecule has 36 heavy (non-hydrogen) atoms. The Bertz CT molecular complexity index is 1030. The van der Waals surface area contributed by atoms with E-state index in [9.17, 15) is 27.9 Å². The van der Waals surface area contributed by atoms with Gasteiger partial charge in [0.25, 0.3) is 0 Å². The average Bonchev–Trinajstić information content (AvgIpc) is 2.80. The maximum atomic E-state index is 12.3. The molecule has 3 rings (SSSR count). The van der Waals surface area contributed by atoms with E-state index in [4.69, 9.17) is 9.47 Å². The molecule has 1 aliphatic rings. The normalized spacial score (nSPS) is 17.6. The van der Waals surface area contributed by atoms with E-state index < -0.39 is 30.9 Å². The second-order valence-corrected chi connectivity index (χ2v) is 8.79. The van der Waals surface area contributed by atoms with E-state index in [0.29, 0.717) is 18.8 Å². The molecule has 0 spiro atoms. The number of rotatable bonds is 5. The third-order valence-electron chi connectivity index (χ3n) is 5.54. The minimum absolute atomic E-state index is 0.0112. The zero-order valence-corrected chi connectivity index (χ0v) is 21.1. The predicted molar refractivity (Wildman–Crippen MR) is 132 cm³/mol. The zero-order chi connectivity index (χ0) is 27.0. The predicted octanol–water partition coefficient (Wildman–Crippen LogP) is 5.38. The lowest BCUT2D eigenvalue weighted by molar-refractivity contribution is -0.142. The number of hydrogen-bond donors (Lipinski definition) is 2. The number of aromatic hydroxyl groups is 1. The molecule has 198 valence electrons. The second-order valence-electron chi connectivity index (χ2n) is 8.79. The average molecular weight is 511 g/mol. The van der Waals surface area contributed by atoms with Crippen LogP contribution in [0, 0.1) is 13.8 Å². The number of para-hydroxylation sites is 1. The number of carbonyl (C=O) groups excluding carboxylic acids is 2. The summed E-state index contributed by atoms with van der Waals surface area (Å²) in [6.45, 7) is 8.92. The Balaban J connectivity index is 0.000000425. The van der Waals surface area contributed by atoms with Crippen LogP contribution in [0.4, 0.5) is 24.5 Å². The lowest BCUT2D eigenvalue weighted by Gasteiger charge is -2.37. The molecule has 7 nitrogen and oxygen atoms in total. The number of aryl methyl sites for hydroxylation is 2. The number of esters is 1. The molecule has 0 saturated carbocycles. The van der Waals surface area contributed by atoms with E-state index in [0.717, 1.165) is 16.8 Å². The summed E-state index contributed by atoms with van der Waals surface area (Å²) in [7, 11) is 1.20. The summed E-state index contributed by atoms with van der Waals surface area (Å²) in [5.74, 6) is -1.09. The minimum Gasteiger partial charge on any atom is -0.507 e. The first kappa shape index (κ1) is 29.0. The Morgan fingerprint density at radius 1 is 1.11 bits per heavy atom. The summed E-state index contributed by atoms with van der Waals surface area (Å²) in [4.78, 5) is 25.9. The van der Waals surface area contributed by atoms with E-state index in [1.54, 1.807) is 12.1 Å². The quantitative estimate of drug-likeness (QED) is 0.526. The van der Waals surface area contributed by atoms with Crippen LogP contribution in [0.25, 0.3) is 0 Å². The largest absolute Gasteiger partial charge is 0.507 e. The summed E-state index contributed by atoms with van der Waals surface area (Å²) in [5, 5.41) is 11.6. The van der Waals surface area contributed by atoms with Crippen LogP contribution in [0.1, 0.15) is 48.2 Å². The SMILES string of the molecule is COC(=O)c1cc(N2CC(C)O[C@@H](C)C2)ccc1NC(=O)CCC(F)(F)F.Cc1cccc(C)c1O. The second kappa shape index (κ2) is 12.6. The number of halogens is 3. The number of amides is 1. The molecular weight excluding hydrogens is 477 g/mol. The van der Waals surface area contributed by atoms with Gasteiger partial charge in [0.15, 0.2) is 0 Å². The standard InChI is InChI=1S/C18H23F3N2O4.C8H10O/c1-11-9-23(10-12(2)27-11)13-4-5-15(14(8-13)17(25)26-3)22-16(24)6-7-18(19,20)21;1-6-4-3-5-7(2)8(6)9/h4-5,8,11-12H,6-7,9-10H2,1-3H3,(H,22,24);3-5,9H,1-2H3/t11-,12?;/m0./s1. The lowest BCUT2D eigenvalue weighted by atomic mass is 10.1. The molecule has 1 fully saturated rings. The molecule has 1 unspecified atom stereocenters. The molecule has 1 heterocycles. The fourth-order valence-corrected chi connectivity index (χ4v) is 3.78. The van der Waals surface area contributed by atoms with E-state index in [1.165, 1.54) is 13.2 Å². The van der Waals surface area contributed by atoms with E-state index in [-0.39, 0.29) is 23.5 Å². The number of ether oxygens (including phenoxy) is 2. The summed E-state index contributed by atoms with van der Waals surface area (Å²) >= 11 is 0. The Morgan fingerprint density at radius 3 is 2.19 bits per heavy atom. The van der Waals surface area contributed by atoms with Crippen molar-refractivity contribution in [3.8, 4) is 5.75 Å². The van der Waals surface area contributed by atoms with Gasteiger partial charge in [0.1, 0.15) is 5.75 Å². The van der Waals surface area contributed by atoms with Gasteiger partial charge in [-0.25, -0.2) is 4.79 Å². The number of methoxy groups -OCH3 is 1. The molecule has 0 radical (unpaired) electrons. The number of benzene rings is 2. The van der Waals surface area contributed by atoms with Crippen molar-refractivity contribution in [3.05, 3.63) is 53.1 Å². The Kier molecular flexibility index (Phi) is 10.2. The summed E-state index contributed by atoms with van der Waals surface area (Å²) in [5.41, 5.74) is 2.82. The first-order valence-electron chi connectivity index (χ1n) is 11.5. The van der Waals surface area contributed by atoms with Crippen molar-refractivity contribution in [1.29, 1.82) is 0 Å². The summed E-state index contributed by atoms with van der Waals surface area (Å²) < 4.78 is 47.2. The maximum absolute atomic E-state index is 12.3. The number of nitrogens with one attached hydrogen (secondary N) is 1. The van der Waals surface area contributed by atoms with Crippen molar-refractivity contribution in [3.63, 3.8) is 0 Å². The van der Waals surface area contributed by atoms with Crippen LogP contribution in [0.15, 0.2) is 36.4 Å². The summed E-state index contributed by atoms with van der Waals surface area (Å²) in [6.07, 6.45) is -6.34. The number of morpholine rings is 1. The highest BCUT2D eigenvalue weighted by molar-refractivity contribution is 6.02. The first-order chi connectivity index (χ1) is 16.8. The van der Waals surface area contributed by atoms with Gasteiger partial charge in [0.05, 0.1) is 37.0 Å². The van der Waals surface area contributed by atoms with Gasteiger partial charge in [-0.15, -0.1) is 0 Å². The van der Waals surface area contributed by atoms with Gasteiger partial charge < -0.3 is 24.8 Å². The Hall–Kier alpha value is -3.27. The van der Waals surface area contributed by atoms with Gasteiger partial charge in [-0.2, -0.15) is 13.2 Å². The van der Waals surface area contributed by atoms with Gasteiger partial charge >= 0.3 is 12.1 Å². The lowest BCUT2D eigenvalue weighted by Crippen LogP contribution is -2.45. The molecule has 2 aromatic rings. The van der Waals surface area contributed by atoms with E-state index >= 15 is 0 Å². The number of anilines is 2. The highest BCUT2D eigenvalue weighted by atomic mass is 19.4. The molecule has 1 saturated heterocycles. The van der Waals surface area contributed by atoms with Crippen molar-refractivity contribution in [1.82, 2.24) is 0 Å². The van der Waals surface area contributed by atoms with Gasteiger partial charge in [-0.05, 0) is 57.0 Å². The fourth-order valence-electron chi connectivity index (χ4n) is 3.78. The van der Waals surface area contributed by atoms with Crippen molar-refractivity contribution in [2.45, 2.75) is 58.9 Å². The molecule has 2 N–H and O–H groups in total. The molecular formula is C26H33F3N2O5. The number of phenolic OH excluding ortho intramolecular Hbond substituents is 1. The molecule has 2 atom stereocenters. The van der Waals surface area contributed by atoms with Crippen LogP contribution in [-0.4, -0.2) is 55.6 Å².